The largest absolute Gasteiger partial charge is 0.340 e. The Bertz CT molecular complexity index is 933. The Hall–Kier alpha value is -3.23. The minimum absolute atomic E-state index is 0.101. The molecule has 0 aliphatic carbocycles. The number of nitrogens with one attached hydrogen (secondary N) is 1. The number of fused-ring (bicyclic) bond motifs is 1. The lowest BCUT2D eigenvalue weighted by Crippen LogP contribution is -1.99. The van der Waals surface area contributed by atoms with Crippen LogP contribution in [0.15, 0.2) is 36.7 Å². The van der Waals surface area contributed by atoms with Gasteiger partial charge in [0, 0.05) is 23.9 Å². The highest BCUT2D eigenvalue weighted by molar-refractivity contribution is 5.92. The molecule has 0 saturated carbocycles. The number of hydrogen-bond donors (Lipinski definition) is 1. The van der Waals surface area contributed by atoms with E-state index in [2.05, 4.69) is 15.3 Å². The van der Waals surface area contributed by atoms with Crippen LogP contribution >= 0.6 is 0 Å². The van der Waals surface area contributed by atoms with Crippen molar-refractivity contribution in [3.05, 3.63) is 64.2 Å². The van der Waals surface area contributed by atoms with Crippen LogP contribution in [0, 0.1) is 27.6 Å². The summed E-state index contributed by atoms with van der Waals surface area (Å²) in [5, 5.41) is 13.7. The molecule has 1 N–H and O–H groups in total. The number of nitro groups is 1. The van der Waals surface area contributed by atoms with Crippen LogP contribution < -0.4 is 5.32 Å². The summed E-state index contributed by atoms with van der Waals surface area (Å²) in [4.78, 5) is 17.7. The summed E-state index contributed by atoms with van der Waals surface area (Å²) < 4.78 is 39.8. The van der Waals surface area contributed by atoms with E-state index in [0.717, 1.165) is 30.6 Å². The molecule has 1 heterocycles. The van der Waals surface area contributed by atoms with Crippen molar-refractivity contribution in [1.29, 1.82) is 0 Å². The minimum Gasteiger partial charge on any atom is -0.340 e. The molecule has 3 rings (SSSR count). The third kappa shape index (κ3) is 2.76. The SMILES string of the molecule is O=[N+]([O-])c1cc2c(Nc3ccc(F)c(F)c3)ncnc2cc1F. The van der Waals surface area contributed by atoms with Crippen LogP contribution in [-0.2, 0) is 0 Å². The van der Waals surface area contributed by atoms with Gasteiger partial charge in [0.15, 0.2) is 11.6 Å². The van der Waals surface area contributed by atoms with Gasteiger partial charge < -0.3 is 5.32 Å². The summed E-state index contributed by atoms with van der Waals surface area (Å²) in [7, 11) is 0. The number of nitro benzene ring substituents is 1. The van der Waals surface area contributed by atoms with E-state index in [1.54, 1.807) is 0 Å². The van der Waals surface area contributed by atoms with E-state index in [0.29, 0.717) is 0 Å². The Morgan fingerprint density at radius 3 is 2.48 bits per heavy atom. The molecule has 0 saturated heterocycles. The van der Waals surface area contributed by atoms with Gasteiger partial charge in [0.1, 0.15) is 12.1 Å². The Labute approximate surface area is 126 Å². The fraction of sp³-hybridized carbons (Fsp3) is 0. The first kappa shape index (κ1) is 14.7. The van der Waals surface area contributed by atoms with Gasteiger partial charge in [-0.1, -0.05) is 0 Å². The Morgan fingerprint density at radius 2 is 1.78 bits per heavy atom. The highest BCUT2D eigenvalue weighted by Gasteiger charge is 2.18. The zero-order chi connectivity index (χ0) is 16.6. The molecule has 0 bridgehead atoms. The number of benzene rings is 2. The zero-order valence-electron chi connectivity index (χ0n) is 11.3. The van der Waals surface area contributed by atoms with Gasteiger partial charge in [-0.2, -0.15) is 4.39 Å². The molecule has 0 aliphatic rings. The standard InChI is InChI=1S/C14H7F3N4O2/c15-9-2-1-7(3-10(9)16)20-14-8-4-13(21(22)23)11(17)5-12(8)18-6-19-14/h1-6H,(H,18,19,20). The second kappa shape index (κ2) is 5.52. The van der Waals surface area contributed by atoms with Crippen molar-refractivity contribution in [1.82, 2.24) is 9.97 Å². The van der Waals surface area contributed by atoms with Gasteiger partial charge in [-0.15, -0.1) is 0 Å². The average Bonchev–Trinajstić information content (AvgIpc) is 2.50. The second-order valence-corrected chi connectivity index (χ2v) is 4.55. The van der Waals surface area contributed by atoms with Crippen LogP contribution in [0.25, 0.3) is 10.9 Å². The van der Waals surface area contributed by atoms with Gasteiger partial charge in [0.05, 0.1) is 15.8 Å². The van der Waals surface area contributed by atoms with E-state index < -0.39 is 28.1 Å². The van der Waals surface area contributed by atoms with Crippen molar-refractivity contribution in [3.63, 3.8) is 0 Å². The average molecular weight is 320 g/mol. The molecular formula is C14H7F3N4O2. The molecule has 0 fully saturated rings. The maximum absolute atomic E-state index is 13.6. The maximum atomic E-state index is 13.6. The molecular weight excluding hydrogens is 313 g/mol. The van der Waals surface area contributed by atoms with Crippen LogP contribution in [0.2, 0.25) is 0 Å². The fourth-order valence-electron chi connectivity index (χ4n) is 2.02. The third-order valence-electron chi connectivity index (χ3n) is 3.08. The summed E-state index contributed by atoms with van der Waals surface area (Å²) in [5.41, 5.74) is -0.426. The summed E-state index contributed by atoms with van der Waals surface area (Å²) in [6, 6.07) is 4.98. The molecule has 0 unspecified atom stereocenters. The van der Waals surface area contributed by atoms with Crippen LogP contribution in [0.4, 0.5) is 30.4 Å². The number of halogens is 3. The van der Waals surface area contributed by atoms with E-state index in [9.17, 15) is 23.3 Å². The molecule has 23 heavy (non-hydrogen) atoms. The van der Waals surface area contributed by atoms with Crippen molar-refractivity contribution >= 4 is 28.1 Å². The molecule has 9 heteroatoms. The van der Waals surface area contributed by atoms with Gasteiger partial charge in [0.2, 0.25) is 5.82 Å². The van der Waals surface area contributed by atoms with Gasteiger partial charge in [-0.3, -0.25) is 10.1 Å². The Morgan fingerprint density at radius 1 is 1.00 bits per heavy atom. The minimum atomic E-state index is -1.06. The zero-order valence-corrected chi connectivity index (χ0v) is 11.3. The first-order chi connectivity index (χ1) is 11.0. The Kier molecular flexibility index (Phi) is 3.53. The van der Waals surface area contributed by atoms with E-state index >= 15 is 0 Å². The molecule has 2 aromatic carbocycles. The molecule has 0 aliphatic heterocycles. The monoisotopic (exact) mass is 320 g/mol. The third-order valence-corrected chi connectivity index (χ3v) is 3.08. The van der Waals surface area contributed by atoms with E-state index in [4.69, 9.17) is 0 Å². The number of anilines is 2. The van der Waals surface area contributed by atoms with Gasteiger partial charge >= 0.3 is 5.69 Å². The fourth-order valence-corrected chi connectivity index (χ4v) is 2.02. The predicted octanol–water partition coefficient (Wildman–Crippen LogP) is 3.70. The highest BCUT2D eigenvalue weighted by atomic mass is 19.2. The molecule has 1 aromatic heterocycles. The topological polar surface area (TPSA) is 81.0 Å². The lowest BCUT2D eigenvalue weighted by atomic mass is 10.2. The summed E-state index contributed by atoms with van der Waals surface area (Å²) >= 11 is 0. The first-order valence-electron chi connectivity index (χ1n) is 6.26. The predicted molar refractivity (Wildman–Crippen MR) is 75.8 cm³/mol. The lowest BCUT2D eigenvalue weighted by molar-refractivity contribution is -0.387. The smallest absolute Gasteiger partial charge is 0.305 e. The summed E-state index contributed by atoms with van der Waals surface area (Å²) in [6.45, 7) is 0. The van der Waals surface area contributed by atoms with Crippen molar-refractivity contribution in [2.45, 2.75) is 0 Å². The first-order valence-corrected chi connectivity index (χ1v) is 6.26. The molecule has 6 nitrogen and oxygen atoms in total. The molecule has 3 aromatic rings. The number of rotatable bonds is 3. The summed E-state index contributed by atoms with van der Waals surface area (Å²) in [6.07, 6.45) is 1.12. The normalized spacial score (nSPS) is 10.7. The number of nitrogens with zero attached hydrogens (tertiary/aromatic N) is 3. The van der Waals surface area contributed by atoms with Crippen molar-refractivity contribution < 1.29 is 18.1 Å². The molecule has 0 amide bonds. The molecule has 116 valence electrons. The van der Waals surface area contributed by atoms with E-state index in [1.165, 1.54) is 6.07 Å². The molecule has 0 radical (unpaired) electrons. The van der Waals surface area contributed by atoms with E-state index in [1.807, 2.05) is 0 Å². The van der Waals surface area contributed by atoms with Gasteiger partial charge in [-0.05, 0) is 12.1 Å². The molecule has 0 atom stereocenters. The lowest BCUT2D eigenvalue weighted by Gasteiger charge is -2.08. The van der Waals surface area contributed by atoms with Crippen LogP contribution in [-0.4, -0.2) is 14.9 Å². The van der Waals surface area contributed by atoms with Crippen molar-refractivity contribution in [2.75, 3.05) is 5.32 Å². The van der Waals surface area contributed by atoms with Crippen molar-refractivity contribution in [3.8, 4) is 0 Å². The highest BCUT2D eigenvalue weighted by Crippen LogP contribution is 2.29. The quantitative estimate of drug-likeness (QED) is 0.588. The van der Waals surface area contributed by atoms with Crippen LogP contribution in [0.3, 0.4) is 0 Å². The molecule has 0 spiro atoms. The summed E-state index contributed by atoms with van der Waals surface area (Å²) in [5.74, 6) is -3.00. The van der Waals surface area contributed by atoms with E-state index in [-0.39, 0.29) is 22.4 Å². The second-order valence-electron chi connectivity index (χ2n) is 4.55. The number of hydrogen-bond acceptors (Lipinski definition) is 5. The van der Waals surface area contributed by atoms with Crippen LogP contribution in [0.1, 0.15) is 0 Å². The maximum Gasteiger partial charge on any atom is 0.305 e. The van der Waals surface area contributed by atoms with Gasteiger partial charge in [-0.25, -0.2) is 18.7 Å². The van der Waals surface area contributed by atoms with Crippen LogP contribution in [0.5, 0.6) is 0 Å². The van der Waals surface area contributed by atoms with Crippen molar-refractivity contribution in [2.24, 2.45) is 0 Å². The van der Waals surface area contributed by atoms with Gasteiger partial charge in [0.25, 0.3) is 0 Å². The number of aromatic nitrogens is 2. The Balaban J connectivity index is 2.11.